The number of hydrogen-bond donors (Lipinski definition) is 1. The number of ether oxygens (including phenoxy) is 3. The first-order valence-electron chi connectivity index (χ1n) is 12.4. The number of fused-ring (bicyclic) bond motifs is 2. The third-order valence-corrected chi connectivity index (χ3v) is 7.00. The molecule has 0 saturated heterocycles. The summed E-state index contributed by atoms with van der Waals surface area (Å²) in [5.74, 6) is 0.950. The van der Waals surface area contributed by atoms with E-state index in [1.807, 2.05) is 25.5 Å². The number of nitrogens with zero attached hydrogens (tertiary/aromatic N) is 2. The maximum absolute atomic E-state index is 15.5. The molecule has 200 valence electrons. The van der Waals surface area contributed by atoms with E-state index in [0.29, 0.717) is 56.1 Å². The standard InChI is InChI=1S/C30H28FN3O4S/c1-34(2)13-5-14-37-27-18-23-22(17-26(27)36-3)24(11-12-32-23)38-25-10-7-19-16-20(8-9-21(19)29(25)31)33-30(35)28-6-4-15-39-28/h4,6-12,15-18H,5,13-14H2,1-3H3,(H,33,35). The van der Waals surface area contributed by atoms with Gasteiger partial charge < -0.3 is 24.4 Å². The number of methoxy groups -OCH3 is 1. The summed E-state index contributed by atoms with van der Waals surface area (Å²) in [6.45, 7) is 1.45. The predicted octanol–water partition coefficient (Wildman–Crippen LogP) is 6.97. The molecule has 39 heavy (non-hydrogen) atoms. The molecule has 0 atom stereocenters. The van der Waals surface area contributed by atoms with Crippen molar-refractivity contribution in [1.29, 1.82) is 0 Å². The van der Waals surface area contributed by atoms with E-state index >= 15 is 4.39 Å². The van der Waals surface area contributed by atoms with Gasteiger partial charge in [-0.25, -0.2) is 4.39 Å². The number of nitrogens with one attached hydrogen (secondary N) is 1. The number of carbonyl (C=O) groups excluding carboxylic acids is 1. The summed E-state index contributed by atoms with van der Waals surface area (Å²) in [4.78, 5) is 19.5. The maximum Gasteiger partial charge on any atom is 0.265 e. The number of carbonyl (C=O) groups is 1. The number of hydrogen-bond acceptors (Lipinski definition) is 7. The van der Waals surface area contributed by atoms with Crippen LogP contribution in [0.4, 0.5) is 10.1 Å². The van der Waals surface area contributed by atoms with Crippen LogP contribution < -0.4 is 19.5 Å². The highest BCUT2D eigenvalue weighted by atomic mass is 32.1. The first kappa shape index (κ1) is 26.4. The van der Waals surface area contributed by atoms with Gasteiger partial charge >= 0.3 is 0 Å². The minimum Gasteiger partial charge on any atom is -0.493 e. The summed E-state index contributed by atoms with van der Waals surface area (Å²) >= 11 is 1.36. The Morgan fingerprint density at radius 3 is 2.64 bits per heavy atom. The third kappa shape index (κ3) is 5.94. The number of pyridine rings is 1. The third-order valence-electron chi connectivity index (χ3n) is 6.14. The van der Waals surface area contributed by atoms with Crippen molar-refractivity contribution in [3.05, 3.63) is 82.9 Å². The molecule has 0 spiro atoms. The number of anilines is 1. The second-order valence-electron chi connectivity index (χ2n) is 9.18. The van der Waals surface area contributed by atoms with Crippen molar-refractivity contribution < 1.29 is 23.4 Å². The molecule has 0 aliphatic heterocycles. The normalized spacial score (nSPS) is 11.2. The number of rotatable bonds is 10. The van der Waals surface area contributed by atoms with Crippen molar-refractivity contribution >= 4 is 44.6 Å². The van der Waals surface area contributed by atoms with Crippen molar-refractivity contribution in [2.45, 2.75) is 6.42 Å². The zero-order chi connectivity index (χ0) is 27.4. The molecule has 3 aromatic carbocycles. The van der Waals surface area contributed by atoms with Crippen LogP contribution in [0.5, 0.6) is 23.0 Å². The van der Waals surface area contributed by atoms with Gasteiger partial charge in [-0.2, -0.15) is 0 Å². The second-order valence-corrected chi connectivity index (χ2v) is 10.1. The lowest BCUT2D eigenvalue weighted by atomic mass is 10.1. The predicted molar refractivity (Wildman–Crippen MR) is 153 cm³/mol. The molecule has 7 nitrogen and oxygen atoms in total. The monoisotopic (exact) mass is 545 g/mol. The van der Waals surface area contributed by atoms with Gasteiger partial charge in [0.25, 0.3) is 5.91 Å². The van der Waals surface area contributed by atoms with Gasteiger partial charge in [-0.1, -0.05) is 12.1 Å². The van der Waals surface area contributed by atoms with Crippen LogP contribution in [0.25, 0.3) is 21.7 Å². The van der Waals surface area contributed by atoms with Crippen LogP contribution in [-0.2, 0) is 0 Å². The Labute approximate surface area is 229 Å². The summed E-state index contributed by atoms with van der Waals surface area (Å²) < 4.78 is 33.1. The van der Waals surface area contributed by atoms with Gasteiger partial charge in [0.1, 0.15) is 5.75 Å². The SMILES string of the molecule is COc1cc2c(Oc3ccc4cc(NC(=O)c5cccs5)ccc4c3F)ccnc2cc1OCCCN(C)C. The fraction of sp³-hybridized carbons (Fsp3) is 0.200. The van der Waals surface area contributed by atoms with E-state index in [9.17, 15) is 4.79 Å². The van der Waals surface area contributed by atoms with Crippen LogP contribution in [0.3, 0.4) is 0 Å². The topological polar surface area (TPSA) is 72.9 Å². The van der Waals surface area contributed by atoms with E-state index in [-0.39, 0.29) is 11.7 Å². The summed E-state index contributed by atoms with van der Waals surface area (Å²) in [6.07, 6.45) is 2.48. The van der Waals surface area contributed by atoms with Crippen molar-refractivity contribution in [2.75, 3.05) is 39.7 Å². The highest BCUT2D eigenvalue weighted by Crippen LogP contribution is 2.38. The second kappa shape index (κ2) is 11.7. The molecule has 5 rings (SSSR count). The smallest absolute Gasteiger partial charge is 0.265 e. The van der Waals surface area contributed by atoms with Crippen molar-refractivity contribution in [1.82, 2.24) is 9.88 Å². The highest BCUT2D eigenvalue weighted by Gasteiger charge is 2.16. The Balaban J connectivity index is 1.39. The summed E-state index contributed by atoms with van der Waals surface area (Å²) in [5.41, 5.74) is 1.23. The van der Waals surface area contributed by atoms with Crippen LogP contribution in [0.1, 0.15) is 16.1 Å². The highest BCUT2D eigenvalue weighted by molar-refractivity contribution is 7.12. The van der Waals surface area contributed by atoms with Gasteiger partial charge in [0, 0.05) is 35.3 Å². The lowest BCUT2D eigenvalue weighted by Crippen LogP contribution is -2.15. The van der Waals surface area contributed by atoms with E-state index in [1.165, 1.54) is 11.3 Å². The van der Waals surface area contributed by atoms with Gasteiger partial charge in [-0.3, -0.25) is 9.78 Å². The quantitative estimate of drug-likeness (QED) is 0.191. The Bertz CT molecular complexity index is 1620. The first-order valence-corrected chi connectivity index (χ1v) is 13.3. The average molecular weight is 546 g/mol. The van der Waals surface area contributed by atoms with E-state index < -0.39 is 5.82 Å². The van der Waals surface area contributed by atoms with Gasteiger partial charge in [0.2, 0.25) is 0 Å². The molecule has 0 aliphatic carbocycles. The van der Waals surface area contributed by atoms with Crippen LogP contribution in [-0.4, -0.2) is 50.1 Å². The maximum atomic E-state index is 15.5. The molecule has 0 unspecified atom stereocenters. The van der Waals surface area contributed by atoms with Crippen LogP contribution in [0.15, 0.2) is 72.2 Å². The van der Waals surface area contributed by atoms with Crippen molar-refractivity contribution in [3.8, 4) is 23.0 Å². The molecule has 0 saturated carbocycles. The number of thiophene rings is 1. The average Bonchev–Trinajstić information content (AvgIpc) is 3.48. The molecule has 0 radical (unpaired) electrons. The Hall–Kier alpha value is -4.21. The van der Waals surface area contributed by atoms with Gasteiger partial charge in [0.15, 0.2) is 23.1 Å². The molecule has 2 heterocycles. The van der Waals surface area contributed by atoms with Crippen LogP contribution >= 0.6 is 11.3 Å². The molecule has 5 aromatic rings. The Morgan fingerprint density at radius 1 is 1.00 bits per heavy atom. The van der Waals surface area contributed by atoms with Crippen LogP contribution in [0.2, 0.25) is 0 Å². The first-order chi connectivity index (χ1) is 18.9. The fourth-order valence-corrected chi connectivity index (χ4v) is 4.82. The summed E-state index contributed by atoms with van der Waals surface area (Å²) in [7, 11) is 5.61. The lowest BCUT2D eigenvalue weighted by molar-refractivity contribution is 0.103. The largest absolute Gasteiger partial charge is 0.493 e. The molecular weight excluding hydrogens is 517 g/mol. The van der Waals surface area contributed by atoms with Gasteiger partial charge in [0.05, 0.1) is 24.1 Å². The zero-order valence-corrected chi connectivity index (χ0v) is 22.7. The summed E-state index contributed by atoms with van der Waals surface area (Å²) in [6, 6.07) is 17.2. The Kier molecular flexibility index (Phi) is 7.90. The molecule has 0 aliphatic rings. The minimum atomic E-state index is -0.499. The van der Waals surface area contributed by atoms with E-state index in [1.54, 1.807) is 67.9 Å². The van der Waals surface area contributed by atoms with E-state index in [2.05, 4.69) is 15.2 Å². The van der Waals surface area contributed by atoms with Gasteiger partial charge in [-0.05, 0) is 73.7 Å². The molecule has 9 heteroatoms. The molecule has 0 fully saturated rings. The Morgan fingerprint density at radius 2 is 1.87 bits per heavy atom. The van der Waals surface area contributed by atoms with E-state index in [0.717, 1.165) is 13.0 Å². The molecule has 1 amide bonds. The fourth-order valence-electron chi connectivity index (χ4n) is 4.20. The summed E-state index contributed by atoms with van der Waals surface area (Å²) in [5, 5.41) is 6.38. The van der Waals surface area contributed by atoms with Crippen molar-refractivity contribution in [2.24, 2.45) is 0 Å². The number of benzene rings is 3. The van der Waals surface area contributed by atoms with Crippen molar-refractivity contribution in [3.63, 3.8) is 0 Å². The van der Waals surface area contributed by atoms with E-state index in [4.69, 9.17) is 14.2 Å². The molecular formula is C30H28FN3O4S. The lowest BCUT2D eigenvalue weighted by Gasteiger charge is -2.15. The zero-order valence-electron chi connectivity index (χ0n) is 21.9. The minimum absolute atomic E-state index is 0.0772. The van der Waals surface area contributed by atoms with Crippen LogP contribution in [0, 0.1) is 5.82 Å². The number of halogens is 1. The number of aromatic nitrogens is 1. The van der Waals surface area contributed by atoms with Gasteiger partial charge in [-0.15, -0.1) is 11.3 Å². The molecule has 2 aromatic heterocycles. The molecule has 1 N–H and O–H groups in total. The number of amides is 1. The molecule has 0 bridgehead atoms.